The van der Waals surface area contributed by atoms with E-state index in [1.807, 2.05) is 40.7 Å². The number of ether oxygens (including phenoxy) is 1. The molecule has 2 heterocycles. The van der Waals surface area contributed by atoms with Crippen molar-refractivity contribution in [1.82, 2.24) is 19.7 Å². The van der Waals surface area contributed by atoms with Crippen molar-refractivity contribution >= 4 is 23.6 Å². The van der Waals surface area contributed by atoms with E-state index in [9.17, 15) is 4.79 Å². The average molecular weight is 446 g/mol. The Hall–Kier alpha value is -2.22. The number of carbonyl (C=O) groups excluding carboxylic acids is 1. The Bertz CT molecular complexity index is 869. The molecule has 0 bridgehead atoms. The van der Waals surface area contributed by atoms with E-state index >= 15 is 0 Å². The predicted octanol–water partition coefficient (Wildman–Crippen LogP) is 4.39. The fourth-order valence-electron chi connectivity index (χ4n) is 4.19. The molecule has 1 amide bonds. The summed E-state index contributed by atoms with van der Waals surface area (Å²) in [6, 6.07) is 8.19. The van der Waals surface area contributed by atoms with Gasteiger partial charge >= 0.3 is 0 Å². The first-order chi connectivity index (χ1) is 14.8. The van der Waals surface area contributed by atoms with Gasteiger partial charge in [0.25, 0.3) is 0 Å². The normalized spacial score (nSPS) is 15.4. The quantitative estimate of drug-likeness (QED) is 0.562. The molecule has 1 aromatic carbocycles. The van der Waals surface area contributed by atoms with E-state index in [1.54, 1.807) is 7.11 Å². The molecule has 1 fully saturated rings. The molecular weight excluding hydrogens is 410 g/mol. The zero-order chi connectivity index (χ0) is 22.5. The van der Waals surface area contributed by atoms with Crippen molar-refractivity contribution in [3.8, 4) is 11.4 Å². The molecule has 0 aliphatic carbocycles. The lowest BCUT2D eigenvalue weighted by Crippen LogP contribution is -2.45. The largest absolute Gasteiger partial charge is 0.495 e. The number of carbonyl (C=O) groups is 1. The highest BCUT2D eigenvalue weighted by molar-refractivity contribution is 8.00. The Morgan fingerprint density at radius 1 is 1.03 bits per heavy atom. The zero-order valence-corrected chi connectivity index (χ0v) is 20.4. The number of rotatable bonds is 8. The van der Waals surface area contributed by atoms with Crippen LogP contribution in [-0.4, -0.2) is 63.1 Å². The molecule has 8 heteroatoms. The van der Waals surface area contributed by atoms with Gasteiger partial charge < -0.3 is 14.5 Å². The summed E-state index contributed by atoms with van der Waals surface area (Å²) in [5.41, 5.74) is 0.891. The molecule has 0 N–H and O–H groups in total. The topological polar surface area (TPSA) is 63.5 Å². The third-order valence-corrected chi connectivity index (χ3v) is 6.61. The molecule has 1 aromatic heterocycles. The minimum atomic E-state index is -0.281. The fourth-order valence-corrected chi connectivity index (χ4v) is 5.10. The SMILES string of the molecule is COc1ccccc1-n1c(S[C@H](C)C(=O)N(C(C)C)C(C)C)nnc1N1CCCCC1. The van der Waals surface area contributed by atoms with Crippen LogP contribution in [0.2, 0.25) is 0 Å². The van der Waals surface area contributed by atoms with Gasteiger partial charge in [0.05, 0.1) is 18.0 Å². The molecule has 31 heavy (non-hydrogen) atoms. The summed E-state index contributed by atoms with van der Waals surface area (Å²) in [6.45, 7) is 12.1. The van der Waals surface area contributed by atoms with Crippen molar-refractivity contribution in [3.05, 3.63) is 24.3 Å². The maximum atomic E-state index is 13.2. The van der Waals surface area contributed by atoms with Crippen LogP contribution in [0, 0.1) is 0 Å². The Kier molecular flexibility index (Phi) is 7.86. The van der Waals surface area contributed by atoms with Crippen molar-refractivity contribution < 1.29 is 9.53 Å². The van der Waals surface area contributed by atoms with E-state index in [0.29, 0.717) is 5.16 Å². The van der Waals surface area contributed by atoms with Crippen LogP contribution in [0.1, 0.15) is 53.9 Å². The predicted molar refractivity (Wildman–Crippen MR) is 126 cm³/mol. The van der Waals surface area contributed by atoms with Crippen LogP contribution in [0.3, 0.4) is 0 Å². The van der Waals surface area contributed by atoms with Crippen LogP contribution in [0.15, 0.2) is 29.4 Å². The molecular formula is C23H35N5O2S. The maximum absolute atomic E-state index is 13.2. The van der Waals surface area contributed by atoms with Gasteiger partial charge in [-0.15, -0.1) is 10.2 Å². The number of amides is 1. The lowest BCUT2D eigenvalue weighted by molar-refractivity contribution is -0.133. The van der Waals surface area contributed by atoms with Gasteiger partial charge in [0, 0.05) is 25.2 Å². The number of hydrogen-bond donors (Lipinski definition) is 0. The van der Waals surface area contributed by atoms with Crippen LogP contribution >= 0.6 is 11.8 Å². The maximum Gasteiger partial charge on any atom is 0.236 e. The second-order valence-electron chi connectivity index (χ2n) is 8.53. The summed E-state index contributed by atoms with van der Waals surface area (Å²) in [6.07, 6.45) is 3.54. The minimum Gasteiger partial charge on any atom is -0.495 e. The van der Waals surface area contributed by atoms with Gasteiger partial charge in [0.15, 0.2) is 5.16 Å². The number of piperidine rings is 1. The number of methoxy groups -OCH3 is 1. The van der Waals surface area contributed by atoms with E-state index < -0.39 is 0 Å². The zero-order valence-electron chi connectivity index (χ0n) is 19.5. The van der Waals surface area contributed by atoms with Crippen LogP contribution < -0.4 is 9.64 Å². The standard InChI is InChI=1S/C23H35N5O2S/c1-16(2)27(17(3)4)21(29)18(5)31-23-25-24-22(26-14-10-7-11-15-26)28(23)19-12-8-9-13-20(19)30-6/h8-9,12-13,16-18H,7,10-11,14-15H2,1-6H3/t18-/m1/s1. The number of anilines is 1. The molecule has 7 nitrogen and oxygen atoms in total. The summed E-state index contributed by atoms with van der Waals surface area (Å²) in [5.74, 6) is 1.69. The number of nitrogens with zero attached hydrogens (tertiary/aromatic N) is 5. The highest BCUT2D eigenvalue weighted by Crippen LogP contribution is 2.34. The van der Waals surface area contributed by atoms with E-state index in [1.165, 1.54) is 18.2 Å². The number of benzene rings is 1. The molecule has 1 aliphatic rings. The van der Waals surface area contributed by atoms with Crippen molar-refractivity contribution in [2.45, 2.75) is 76.4 Å². The van der Waals surface area contributed by atoms with E-state index in [2.05, 4.69) is 42.8 Å². The minimum absolute atomic E-state index is 0.115. The lowest BCUT2D eigenvalue weighted by Gasteiger charge is -2.33. The van der Waals surface area contributed by atoms with E-state index in [4.69, 9.17) is 4.74 Å². The molecule has 170 valence electrons. The lowest BCUT2D eigenvalue weighted by atomic mass is 10.1. The van der Waals surface area contributed by atoms with Gasteiger partial charge in [0.1, 0.15) is 5.75 Å². The highest BCUT2D eigenvalue weighted by atomic mass is 32.2. The Morgan fingerprint density at radius 3 is 2.29 bits per heavy atom. The molecule has 0 saturated carbocycles. The number of hydrogen-bond acceptors (Lipinski definition) is 6. The summed E-state index contributed by atoms with van der Waals surface area (Å²) < 4.78 is 7.69. The van der Waals surface area contributed by atoms with Gasteiger partial charge in [0.2, 0.25) is 11.9 Å². The van der Waals surface area contributed by atoms with Crippen LogP contribution in [0.5, 0.6) is 5.75 Å². The Labute approximate surface area is 190 Å². The third-order valence-electron chi connectivity index (χ3n) is 5.58. The first kappa shape index (κ1) is 23.4. The number of thioether (sulfide) groups is 1. The van der Waals surface area contributed by atoms with Crippen molar-refractivity contribution in [1.29, 1.82) is 0 Å². The molecule has 1 saturated heterocycles. The molecule has 0 radical (unpaired) electrons. The van der Waals surface area contributed by atoms with Crippen molar-refractivity contribution in [2.24, 2.45) is 0 Å². The summed E-state index contributed by atoms with van der Waals surface area (Å²) >= 11 is 1.46. The molecule has 3 rings (SSSR count). The van der Waals surface area contributed by atoms with E-state index in [-0.39, 0.29) is 23.2 Å². The van der Waals surface area contributed by atoms with E-state index in [0.717, 1.165) is 43.3 Å². The Morgan fingerprint density at radius 2 is 1.68 bits per heavy atom. The second kappa shape index (κ2) is 10.4. The van der Waals surface area contributed by atoms with Gasteiger partial charge in [-0.2, -0.15) is 0 Å². The first-order valence-electron chi connectivity index (χ1n) is 11.2. The van der Waals surface area contributed by atoms with Crippen LogP contribution in [0.25, 0.3) is 5.69 Å². The monoisotopic (exact) mass is 445 g/mol. The van der Waals surface area contributed by atoms with Gasteiger partial charge in [-0.3, -0.25) is 9.36 Å². The van der Waals surface area contributed by atoms with Gasteiger partial charge in [-0.1, -0.05) is 23.9 Å². The van der Waals surface area contributed by atoms with Crippen LogP contribution in [0.4, 0.5) is 5.95 Å². The van der Waals surface area contributed by atoms with Gasteiger partial charge in [-0.25, -0.2) is 0 Å². The molecule has 0 unspecified atom stereocenters. The van der Waals surface area contributed by atoms with Crippen molar-refractivity contribution in [2.75, 3.05) is 25.1 Å². The fraction of sp³-hybridized carbons (Fsp3) is 0.609. The van der Waals surface area contributed by atoms with Gasteiger partial charge in [-0.05, 0) is 66.0 Å². The highest BCUT2D eigenvalue weighted by Gasteiger charge is 2.29. The first-order valence-corrected chi connectivity index (χ1v) is 12.1. The van der Waals surface area contributed by atoms with Crippen molar-refractivity contribution in [3.63, 3.8) is 0 Å². The second-order valence-corrected chi connectivity index (χ2v) is 9.84. The third kappa shape index (κ3) is 5.17. The number of para-hydroxylation sites is 2. The van der Waals surface area contributed by atoms with Crippen LogP contribution in [-0.2, 0) is 4.79 Å². The Balaban J connectivity index is 1.98. The summed E-state index contributed by atoms with van der Waals surface area (Å²) in [4.78, 5) is 17.4. The summed E-state index contributed by atoms with van der Waals surface area (Å²) in [7, 11) is 1.67. The molecule has 1 aliphatic heterocycles. The smallest absolute Gasteiger partial charge is 0.236 e. The average Bonchev–Trinajstić information content (AvgIpc) is 3.16. The molecule has 1 atom stereocenters. The number of aromatic nitrogens is 3. The molecule has 2 aromatic rings. The molecule has 0 spiro atoms. The summed E-state index contributed by atoms with van der Waals surface area (Å²) in [5, 5.41) is 9.51.